The molecule has 1 heterocycles. The highest BCUT2D eigenvalue weighted by molar-refractivity contribution is 6.04. The van der Waals surface area contributed by atoms with Crippen molar-refractivity contribution in [2.24, 2.45) is 0 Å². The summed E-state index contributed by atoms with van der Waals surface area (Å²) in [5, 5.41) is 17.2. The zero-order valence-electron chi connectivity index (χ0n) is 21.2. The summed E-state index contributed by atoms with van der Waals surface area (Å²) >= 11 is 0. The van der Waals surface area contributed by atoms with E-state index >= 15 is 0 Å². The molecule has 4 N–H and O–H groups in total. The second-order valence-corrected chi connectivity index (χ2v) is 8.15. The number of amides is 3. The number of nitrogens with zero attached hydrogens (tertiary/aromatic N) is 2. The molecule has 3 aromatic rings. The third-order valence-corrected chi connectivity index (χ3v) is 5.65. The summed E-state index contributed by atoms with van der Waals surface area (Å²) in [6, 6.07) is 14.9. The molecule has 38 heavy (non-hydrogen) atoms. The van der Waals surface area contributed by atoms with Crippen molar-refractivity contribution in [1.29, 1.82) is 5.26 Å². The minimum Gasteiger partial charge on any atom is -0.497 e. The molecule has 3 amide bonds. The Bertz CT molecular complexity index is 1390. The van der Waals surface area contributed by atoms with Crippen LogP contribution in [0.15, 0.2) is 65.6 Å². The van der Waals surface area contributed by atoms with E-state index in [4.69, 9.17) is 10.00 Å². The van der Waals surface area contributed by atoms with Crippen LogP contribution < -0.4 is 26.2 Å². The molecule has 0 aliphatic rings. The van der Waals surface area contributed by atoms with Gasteiger partial charge in [-0.15, -0.1) is 0 Å². The second kappa shape index (κ2) is 12.7. The standard InChI is InChI=1S/C27H28N6O5/c1-4-29-22-11-8-19(15-21(22)25(35)30-14-13-28)32-26(36)24(17-5-9-20(38-3)10-6-17)33(2)27(37)18-7-12-23(34)31-16-18/h5-12,15-16,24,29H,4,14H2,1-3H3,(H,30,35)(H,31,34)(H,32,36). The van der Waals surface area contributed by atoms with Crippen LogP contribution in [0, 0.1) is 11.3 Å². The summed E-state index contributed by atoms with van der Waals surface area (Å²) in [5.41, 5.74) is 1.47. The van der Waals surface area contributed by atoms with Crippen molar-refractivity contribution >= 4 is 29.1 Å². The van der Waals surface area contributed by atoms with E-state index in [1.807, 2.05) is 13.0 Å². The van der Waals surface area contributed by atoms with Crippen molar-refractivity contribution in [3.05, 3.63) is 87.8 Å². The summed E-state index contributed by atoms with van der Waals surface area (Å²) in [7, 11) is 3.00. The van der Waals surface area contributed by atoms with Gasteiger partial charge in [0.1, 0.15) is 18.3 Å². The zero-order chi connectivity index (χ0) is 27.7. The fourth-order valence-corrected chi connectivity index (χ4v) is 3.78. The number of nitriles is 1. The minimum atomic E-state index is -1.07. The molecule has 1 aromatic heterocycles. The highest BCUT2D eigenvalue weighted by atomic mass is 16.5. The molecule has 11 heteroatoms. The first-order valence-electron chi connectivity index (χ1n) is 11.7. The van der Waals surface area contributed by atoms with Crippen molar-refractivity contribution in [1.82, 2.24) is 15.2 Å². The lowest BCUT2D eigenvalue weighted by Gasteiger charge is -2.28. The van der Waals surface area contributed by atoms with Gasteiger partial charge in [0.05, 0.1) is 24.3 Å². The number of hydrogen-bond acceptors (Lipinski definition) is 7. The number of carbonyl (C=O) groups is 3. The predicted molar refractivity (Wildman–Crippen MR) is 142 cm³/mol. The van der Waals surface area contributed by atoms with E-state index in [-0.39, 0.29) is 23.2 Å². The Morgan fingerprint density at radius 2 is 1.84 bits per heavy atom. The number of hydrogen-bond donors (Lipinski definition) is 4. The molecule has 196 valence electrons. The number of likely N-dealkylation sites (N-methyl/N-ethyl adjacent to an activating group) is 1. The lowest BCUT2D eigenvalue weighted by atomic mass is 10.0. The normalized spacial score (nSPS) is 11.0. The number of anilines is 2. The van der Waals surface area contributed by atoms with Gasteiger partial charge >= 0.3 is 0 Å². The molecule has 0 bridgehead atoms. The van der Waals surface area contributed by atoms with Crippen molar-refractivity contribution < 1.29 is 19.1 Å². The van der Waals surface area contributed by atoms with Crippen LogP contribution in [0.1, 0.15) is 39.2 Å². The van der Waals surface area contributed by atoms with E-state index in [0.717, 1.165) is 0 Å². The van der Waals surface area contributed by atoms with Gasteiger partial charge < -0.3 is 30.6 Å². The van der Waals surface area contributed by atoms with Gasteiger partial charge in [-0.1, -0.05) is 12.1 Å². The summed E-state index contributed by atoms with van der Waals surface area (Å²) in [5.74, 6) is -0.920. The maximum absolute atomic E-state index is 13.6. The summed E-state index contributed by atoms with van der Waals surface area (Å²) in [4.78, 5) is 54.6. The third kappa shape index (κ3) is 6.55. The van der Waals surface area contributed by atoms with Gasteiger partial charge in [-0.2, -0.15) is 5.26 Å². The Morgan fingerprint density at radius 3 is 2.45 bits per heavy atom. The smallest absolute Gasteiger partial charge is 0.256 e. The molecule has 0 saturated carbocycles. The van der Waals surface area contributed by atoms with Crippen LogP contribution in [0.2, 0.25) is 0 Å². The lowest BCUT2D eigenvalue weighted by molar-refractivity contribution is -0.120. The molecule has 1 atom stereocenters. The van der Waals surface area contributed by atoms with E-state index in [1.165, 1.54) is 43.5 Å². The Balaban J connectivity index is 1.96. The van der Waals surface area contributed by atoms with Gasteiger partial charge in [-0.3, -0.25) is 19.2 Å². The number of aromatic nitrogens is 1. The fourth-order valence-electron chi connectivity index (χ4n) is 3.78. The largest absolute Gasteiger partial charge is 0.497 e. The van der Waals surface area contributed by atoms with Crippen molar-refractivity contribution in [2.45, 2.75) is 13.0 Å². The fraction of sp³-hybridized carbons (Fsp3) is 0.222. The molecule has 11 nitrogen and oxygen atoms in total. The molecule has 2 aromatic carbocycles. The van der Waals surface area contributed by atoms with Gasteiger partial charge in [-0.05, 0) is 48.9 Å². The molecular weight excluding hydrogens is 488 g/mol. The van der Waals surface area contributed by atoms with E-state index in [9.17, 15) is 19.2 Å². The molecule has 0 spiro atoms. The van der Waals surface area contributed by atoms with Crippen LogP contribution in [0.5, 0.6) is 5.75 Å². The zero-order valence-corrected chi connectivity index (χ0v) is 21.2. The Kier molecular flexibility index (Phi) is 9.21. The molecule has 0 aliphatic carbocycles. The average molecular weight is 517 g/mol. The number of carbonyl (C=O) groups excluding carboxylic acids is 3. The third-order valence-electron chi connectivity index (χ3n) is 5.65. The minimum absolute atomic E-state index is 0.168. The SMILES string of the molecule is CCNc1ccc(NC(=O)C(c2ccc(OC)cc2)N(C)C(=O)c2ccc(=O)[nH]c2)cc1C(=O)NCC#N. The average Bonchev–Trinajstić information content (AvgIpc) is 2.93. The molecule has 0 aliphatic heterocycles. The van der Waals surface area contributed by atoms with Crippen LogP contribution in [0.25, 0.3) is 0 Å². The topological polar surface area (TPSA) is 156 Å². The number of H-pyrrole nitrogens is 1. The number of ether oxygens (including phenoxy) is 1. The number of methoxy groups -OCH3 is 1. The highest BCUT2D eigenvalue weighted by Gasteiger charge is 2.30. The maximum Gasteiger partial charge on any atom is 0.256 e. The maximum atomic E-state index is 13.6. The quantitative estimate of drug-likeness (QED) is 0.302. The predicted octanol–water partition coefficient (Wildman–Crippen LogP) is 2.52. The number of aromatic amines is 1. The van der Waals surface area contributed by atoms with Crippen molar-refractivity contribution in [3.8, 4) is 11.8 Å². The second-order valence-electron chi connectivity index (χ2n) is 8.15. The Labute approximate surface area is 219 Å². The highest BCUT2D eigenvalue weighted by Crippen LogP contribution is 2.27. The van der Waals surface area contributed by atoms with Gasteiger partial charge in [0.2, 0.25) is 5.56 Å². The summed E-state index contributed by atoms with van der Waals surface area (Å²) in [6.45, 7) is 2.26. The van der Waals surface area contributed by atoms with Gasteiger partial charge in [-0.25, -0.2) is 0 Å². The molecule has 3 rings (SSSR count). The van der Waals surface area contributed by atoms with Crippen LogP contribution in [-0.2, 0) is 4.79 Å². The molecule has 0 radical (unpaired) electrons. The molecule has 0 fully saturated rings. The number of pyridine rings is 1. The van der Waals surface area contributed by atoms with Crippen molar-refractivity contribution in [2.75, 3.05) is 37.9 Å². The van der Waals surface area contributed by atoms with E-state index < -0.39 is 23.8 Å². The van der Waals surface area contributed by atoms with Crippen LogP contribution >= 0.6 is 0 Å². The van der Waals surface area contributed by atoms with Gasteiger partial charge in [0, 0.05) is 37.2 Å². The van der Waals surface area contributed by atoms with Crippen LogP contribution in [0.4, 0.5) is 11.4 Å². The first kappa shape index (κ1) is 27.5. The van der Waals surface area contributed by atoms with E-state index in [1.54, 1.807) is 36.4 Å². The van der Waals surface area contributed by atoms with Crippen LogP contribution in [0.3, 0.4) is 0 Å². The number of rotatable bonds is 10. The first-order chi connectivity index (χ1) is 18.3. The summed E-state index contributed by atoms with van der Waals surface area (Å²) in [6.07, 6.45) is 1.29. The molecular formula is C27H28N6O5. The monoisotopic (exact) mass is 516 g/mol. The molecule has 1 unspecified atom stereocenters. The van der Waals surface area contributed by atoms with Gasteiger partial charge in [0.25, 0.3) is 17.7 Å². The van der Waals surface area contributed by atoms with E-state index in [2.05, 4.69) is 20.9 Å². The Hall–Kier alpha value is -5.11. The van der Waals surface area contributed by atoms with E-state index in [0.29, 0.717) is 29.2 Å². The Morgan fingerprint density at radius 1 is 1.11 bits per heavy atom. The molecule has 0 saturated heterocycles. The van der Waals surface area contributed by atoms with Gasteiger partial charge in [0.15, 0.2) is 0 Å². The van der Waals surface area contributed by atoms with Crippen molar-refractivity contribution in [3.63, 3.8) is 0 Å². The first-order valence-corrected chi connectivity index (χ1v) is 11.7. The number of nitrogens with one attached hydrogen (secondary N) is 4. The summed E-state index contributed by atoms with van der Waals surface area (Å²) < 4.78 is 5.21. The van der Waals surface area contributed by atoms with Crippen LogP contribution in [-0.4, -0.2) is 54.9 Å². The number of benzene rings is 2. The lowest BCUT2D eigenvalue weighted by Crippen LogP contribution is -2.39.